The molecule has 2 aromatic carbocycles. The zero-order chi connectivity index (χ0) is 12.3. The van der Waals surface area contributed by atoms with E-state index >= 15 is 0 Å². The minimum Gasteiger partial charge on any atom is -0.507 e. The van der Waals surface area contributed by atoms with Crippen molar-refractivity contribution in [3.8, 4) is 5.75 Å². The number of hydrogen-bond donors (Lipinski definition) is 1. The predicted octanol–water partition coefficient (Wildman–Crippen LogP) is 2.58. The summed E-state index contributed by atoms with van der Waals surface area (Å²) < 4.78 is 4.93. The molecule has 18 heavy (non-hydrogen) atoms. The summed E-state index contributed by atoms with van der Waals surface area (Å²) in [6, 6.07) is 10.7. The summed E-state index contributed by atoms with van der Waals surface area (Å²) in [5.74, 6) is -0.367. The topological polar surface area (TPSA) is 46.5 Å². The molecule has 2 rings (SSSR count). The maximum Gasteiger partial charge on any atom is 0.147 e. The van der Waals surface area contributed by atoms with E-state index in [0.29, 0.717) is 0 Å². The first-order chi connectivity index (χ1) is 8.22. The number of carbonyl (C=O) groups is 1. The van der Waals surface area contributed by atoms with Crippen LogP contribution in [0.25, 0.3) is 10.8 Å². The first kappa shape index (κ1) is 14.4. The van der Waals surface area contributed by atoms with E-state index in [1.54, 1.807) is 12.1 Å². The number of ether oxygens (including phenoxy) is 1. The Kier molecular flexibility index (Phi) is 5.05. The number of aromatic hydroxyl groups is 1. The fourth-order valence-corrected chi connectivity index (χ4v) is 1.68. The Labute approximate surface area is 118 Å². The number of hydrogen-bond acceptors (Lipinski definition) is 3. The molecule has 3 nitrogen and oxygen atoms in total. The first-order valence-corrected chi connectivity index (χ1v) is 5.12. The molecule has 0 bridgehead atoms. The molecular weight excluding hydrogens is 319 g/mol. The van der Waals surface area contributed by atoms with E-state index < -0.39 is 5.97 Å². The molecule has 0 spiro atoms. The number of phenols is 1. The van der Waals surface area contributed by atoms with E-state index in [1.807, 2.05) is 24.3 Å². The van der Waals surface area contributed by atoms with Gasteiger partial charge in [-0.3, -0.25) is 11.4 Å². The fraction of sp³-hybridized carbons (Fsp3) is 0.0714. The van der Waals surface area contributed by atoms with Gasteiger partial charge in [0.2, 0.25) is 0 Å². The van der Waals surface area contributed by atoms with Crippen molar-refractivity contribution in [2.75, 3.05) is 0 Å². The summed E-state index contributed by atoms with van der Waals surface area (Å²) in [7, 11) is 0. The van der Waals surface area contributed by atoms with E-state index in [4.69, 9.17) is 4.74 Å². The van der Waals surface area contributed by atoms with E-state index in [1.165, 1.54) is 0 Å². The minimum absolute atomic E-state index is 0. The van der Waals surface area contributed by atoms with Gasteiger partial charge in [0.15, 0.2) is 0 Å². The van der Waals surface area contributed by atoms with Crippen molar-refractivity contribution in [3.05, 3.63) is 54.6 Å². The van der Waals surface area contributed by atoms with Gasteiger partial charge < -0.3 is 15.9 Å². The monoisotopic (exact) mass is 330 g/mol. The molecule has 1 N–H and O–H groups in total. The van der Waals surface area contributed by atoms with Crippen LogP contribution in [0.1, 0.15) is 5.56 Å². The molecule has 0 aliphatic rings. The van der Waals surface area contributed by atoms with Gasteiger partial charge in [0, 0.05) is 24.9 Å². The molecule has 1 radical (unpaired) electrons. The van der Waals surface area contributed by atoms with Gasteiger partial charge in [-0.05, 0) is 17.0 Å². The molecule has 2 aromatic rings. The van der Waals surface area contributed by atoms with Gasteiger partial charge in [0.05, 0.1) is 0 Å². The maximum atomic E-state index is 10.9. The Morgan fingerprint density at radius 1 is 1.22 bits per heavy atom. The number of rotatable bonds is 3. The summed E-state index contributed by atoms with van der Waals surface area (Å²) in [6.45, 7) is 3.35. The average Bonchev–Trinajstić information content (AvgIpc) is 2.36. The summed E-state index contributed by atoms with van der Waals surface area (Å²) in [5, 5.41) is 11.3. The van der Waals surface area contributed by atoms with Crippen LogP contribution in [0.3, 0.4) is 0 Å². The average molecular weight is 330 g/mol. The van der Waals surface area contributed by atoms with Crippen molar-refractivity contribution in [3.63, 3.8) is 0 Å². The van der Waals surface area contributed by atoms with E-state index in [-0.39, 0.29) is 31.8 Å². The van der Waals surface area contributed by atoms with Crippen LogP contribution in [0.15, 0.2) is 43.0 Å². The molecule has 0 aromatic heterocycles. The second-order valence-corrected chi connectivity index (χ2v) is 3.54. The van der Waals surface area contributed by atoms with Crippen LogP contribution in [0.5, 0.6) is 5.75 Å². The van der Waals surface area contributed by atoms with Crippen LogP contribution >= 0.6 is 0 Å². The van der Waals surface area contributed by atoms with E-state index in [0.717, 1.165) is 16.3 Å². The number of benzene rings is 2. The van der Waals surface area contributed by atoms with E-state index in [9.17, 15) is 9.90 Å². The molecule has 0 saturated carbocycles. The van der Waals surface area contributed by atoms with Gasteiger partial charge in [0.1, 0.15) is 18.3 Å². The molecule has 95 valence electrons. The Hall–Kier alpha value is -1.67. The first-order valence-electron chi connectivity index (χ1n) is 5.12. The maximum absolute atomic E-state index is 10.9. The van der Waals surface area contributed by atoms with Gasteiger partial charge in [-0.1, -0.05) is 30.3 Å². The molecule has 0 unspecified atom stereocenters. The number of carbonyl (C=O) groups excluding carboxylic acids is 1. The van der Waals surface area contributed by atoms with Gasteiger partial charge in [-0.2, -0.15) is 0 Å². The molecule has 4 heteroatoms. The van der Waals surface area contributed by atoms with Crippen LogP contribution in [-0.2, 0) is 35.6 Å². The number of fused-ring (bicyclic) bond motifs is 1. The smallest absolute Gasteiger partial charge is 0.147 e. The third-order valence-electron chi connectivity index (χ3n) is 2.49. The normalized spacial score (nSPS) is 9.56. The van der Waals surface area contributed by atoms with E-state index in [2.05, 4.69) is 12.7 Å². The Morgan fingerprint density at radius 2 is 1.89 bits per heavy atom. The van der Waals surface area contributed by atoms with Crippen molar-refractivity contribution in [1.29, 1.82) is 0 Å². The molecule has 0 aliphatic heterocycles. The van der Waals surface area contributed by atoms with Crippen molar-refractivity contribution < 1.29 is 34.1 Å². The molecule has 0 saturated heterocycles. The van der Waals surface area contributed by atoms with Crippen LogP contribution in [0.2, 0.25) is 0 Å². The quantitative estimate of drug-likeness (QED) is 0.407. The van der Waals surface area contributed by atoms with Gasteiger partial charge in [0.25, 0.3) is 0 Å². The Morgan fingerprint density at radius 3 is 2.61 bits per heavy atom. The van der Waals surface area contributed by atoms with Crippen LogP contribution in [-0.4, -0.2) is 11.1 Å². The van der Waals surface area contributed by atoms with Crippen LogP contribution < -0.4 is 0 Å². The zero-order valence-electron chi connectivity index (χ0n) is 9.48. The fourth-order valence-electron chi connectivity index (χ4n) is 1.68. The third-order valence-corrected chi connectivity index (χ3v) is 2.49. The minimum atomic E-state index is -0.581. The third kappa shape index (κ3) is 2.96. The number of phenolic OH excluding ortho intramolecular Hbond substituents is 1. The molecular formula is C14H11O3Rh-. The second kappa shape index (κ2) is 6.32. The Balaban J connectivity index is 0.00000162. The molecule has 0 aliphatic carbocycles. The standard InChI is InChI=1S/C14H11O3.Rh/c1-2-14(16)17-9-10-5-3-7-12-11(10)6-4-8-13(12)15;/h3-8,15H,1,9H2;/q-1;. The largest absolute Gasteiger partial charge is 0.507 e. The second-order valence-electron chi connectivity index (χ2n) is 3.54. The number of esters is 1. The van der Waals surface area contributed by atoms with Gasteiger partial charge in [-0.15, -0.1) is 0 Å². The SMILES string of the molecule is C=[C-]C(=O)OCc1cccc2c(O)cccc12.[Rh]. The molecule has 0 heterocycles. The van der Waals surface area contributed by atoms with Crippen molar-refractivity contribution in [1.82, 2.24) is 0 Å². The zero-order valence-corrected chi connectivity index (χ0v) is 11.1. The van der Waals surface area contributed by atoms with Gasteiger partial charge in [-0.25, -0.2) is 0 Å². The molecule has 0 atom stereocenters. The summed E-state index contributed by atoms with van der Waals surface area (Å²) in [5.41, 5.74) is 0.835. The van der Waals surface area contributed by atoms with Crippen LogP contribution in [0, 0.1) is 6.08 Å². The summed E-state index contributed by atoms with van der Waals surface area (Å²) in [4.78, 5) is 10.9. The van der Waals surface area contributed by atoms with Crippen molar-refractivity contribution >= 4 is 16.7 Å². The van der Waals surface area contributed by atoms with Crippen LogP contribution in [0.4, 0.5) is 0 Å². The van der Waals surface area contributed by atoms with Crippen molar-refractivity contribution in [2.24, 2.45) is 0 Å². The predicted molar refractivity (Wildman–Crippen MR) is 64.3 cm³/mol. The Bertz CT molecular complexity index is 578. The summed E-state index contributed by atoms with van der Waals surface area (Å²) in [6.07, 6.45) is 2.13. The molecule has 0 fully saturated rings. The van der Waals surface area contributed by atoms with Gasteiger partial charge >= 0.3 is 0 Å². The molecule has 0 amide bonds. The van der Waals surface area contributed by atoms with Crippen molar-refractivity contribution in [2.45, 2.75) is 6.61 Å². The summed E-state index contributed by atoms with van der Waals surface area (Å²) >= 11 is 0.